The summed E-state index contributed by atoms with van der Waals surface area (Å²) in [5.74, 6) is 0. The summed E-state index contributed by atoms with van der Waals surface area (Å²) in [6.07, 6.45) is 0. The third-order valence-corrected chi connectivity index (χ3v) is 3.17. The Morgan fingerprint density at radius 1 is 1.00 bits per heavy atom. The van der Waals surface area contributed by atoms with Crippen molar-refractivity contribution < 1.29 is 16.8 Å². The number of hydrogen-bond donors (Lipinski definition) is 2. The van der Waals surface area contributed by atoms with Crippen molar-refractivity contribution in [3.8, 4) is 0 Å². The van der Waals surface area contributed by atoms with Crippen LogP contribution in [0, 0.1) is 6.07 Å². The quantitative estimate of drug-likeness (QED) is 0.667. The van der Waals surface area contributed by atoms with E-state index in [2.05, 4.69) is 6.07 Å². The molecular weight excluding hydrogens is 228 g/mol. The SMILES string of the molecule is NS(=O)(=O)c1[c]cc(S(N)(=O)=O)cc1. The van der Waals surface area contributed by atoms with Crippen molar-refractivity contribution in [2.24, 2.45) is 10.3 Å². The smallest absolute Gasteiger partial charge is 0.225 e. The molecule has 0 aliphatic carbocycles. The summed E-state index contributed by atoms with van der Waals surface area (Å²) in [5.41, 5.74) is 0. The highest BCUT2D eigenvalue weighted by atomic mass is 32.2. The Hall–Kier alpha value is -0.960. The molecular formula is C6H7N2O4S2. The van der Waals surface area contributed by atoms with Gasteiger partial charge in [-0.05, 0) is 18.2 Å². The molecule has 0 saturated heterocycles. The van der Waals surface area contributed by atoms with Gasteiger partial charge in [0.05, 0.1) is 9.79 Å². The van der Waals surface area contributed by atoms with Crippen LogP contribution in [0.2, 0.25) is 0 Å². The second kappa shape index (κ2) is 3.31. The van der Waals surface area contributed by atoms with E-state index >= 15 is 0 Å². The molecule has 1 aromatic carbocycles. The van der Waals surface area contributed by atoms with Gasteiger partial charge in [-0.15, -0.1) is 0 Å². The van der Waals surface area contributed by atoms with Crippen LogP contribution < -0.4 is 10.3 Å². The van der Waals surface area contributed by atoms with Crippen LogP contribution in [0.25, 0.3) is 0 Å². The van der Waals surface area contributed by atoms with Gasteiger partial charge in [-0.1, -0.05) is 0 Å². The Morgan fingerprint density at radius 2 is 1.57 bits per heavy atom. The number of rotatable bonds is 2. The Bertz CT molecular complexity index is 479. The summed E-state index contributed by atoms with van der Waals surface area (Å²) in [6.45, 7) is 0. The summed E-state index contributed by atoms with van der Waals surface area (Å²) >= 11 is 0. The maximum atomic E-state index is 10.8. The molecule has 0 aliphatic rings. The van der Waals surface area contributed by atoms with Crippen LogP contribution in [0.4, 0.5) is 0 Å². The first-order valence-electron chi connectivity index (χ1n) is 3.28. The average molecular weight is 235 g/mol. The minimum absolute atomic E-state index is 0.218. The lowest BCUT2D eigenvalue weighted by Crippen LogP contribution is -2.14. The number of hydrogen-bond acceptors (Lipinski definition) is 4. The Morgan fingerprint density at radius 3 is 1.86 bits per heavy atom. The van der Waals surface area contributed by atoms with Gasteiger partial charge in [0.15, 0.2) is 0 Å². The van der Waals surface area contributed by atoms with Gasteiger partial charge in [0, 0.05) is 6.07 Å². The summed E-state index contributed by atoms with van der Waals surface area (Å²) < 4.78 is 43.1. The van der Waals surface area contributed by atoms with Crippen LogP contribution in [-0.4, -0.2) is 16.8 Å². The molecule has 1 rings (SSSR count). The van der Waals surface area contributed by atoms with E-state index in [4.69, 9.17) is 10.3 Å². The normalized spacial score (nSPS) is 12.7. The van der Waals surface area contributed by atoms with Gasteiger partial charge in [0.25, 0.3) is 0 Å². The molecule has 0 fully saturated rings. The van der Waals surface area contributed by atoms with E-state index in [1.807, 2.05) is 0 Å². The van der Waals surface area contributed by atoms with Crippen LogP contribution in [0.1, 0.15) is 0 Å². The zero-order valence-corrected chi connectivity index (χ0v) is 8.47. The topological polar surface area (TPSA) is 120 Å². The van der Waals surface area contributed by atoms with Crippen LogP contribution in [0.5, 0.6) is 0 Å². The monoisotopic (exact) mass is 235 g/mol. The lowest BCUT2D eigenvalue weighted by Gasteiger charge is -1.99. The molecule has 0 aromatic heterocycles. The first-order chi connectivity index (χ1) is 6.21. The van der Waals surface area contributed by atoms with Crippen molar-refractivity contribution in [3.63, 3.8) is 0 Å². The molecule has 4 N–H and O–H groups in total. The molecule has 0 spiro atoms. The van der Waals surface area contributed by atoms with E-state index in [0.29, 0.717) is 0 Å². The first-order valence-corrected chi connectivity index (χ1v) is 6.38. The fraction of sp³-hybridized carbons (Fsp3) is 0. The maximum Gasteiger partial charge on any atom is 0.238 e. The number of sulfonamides is 2. The van der Waals surface area contributed by atoms with E-state index in [0.717, 1.165) is 18.2 Å². The Labute approximate surface area is 81.6 Å². The molecule has 0 unspecified atom stereocenters. The van der Waals surface area contributed by atoms with Gasteiger partial charge in [-0.3, -0.25) is 0 Å². The molecule has 0 atom stereocenters. The number of benzene rings is 1. The van der Waals surface area contributed by atoms with Crippen molar-refractivity contribution in [1.82, 2.24) is 0 Å². The van der Waals surface area contributed by atoms with Crippen LogP contribution >= 0.6 is 0 Å². The highest BCUT2D eigenvalue weighted by Crippen LogP contribution is 2.10. The minimum Gasteiger partial charge on any atom is -0.225 e. The van der Waals surface area contributed by atoms with Crippen LogP contribution in [0.15, 0.2) is 28.0 Å². The molecule has 1 aromatic rings. The zero-order chi connectivity index (χ0) is 11.0. The van der Waals surface area contributed by atoms with Gasteiger partial charge < -0.3 is 0 Å². The lowest BCUT2D eigenvalue weighted by atomic mass is 10.4. The number of nitrogens with two attached hydrogens (primary N) is 2. The highest BCUT2D eigenvalue weighted by Gasteiger charge is 2.11. The van der Waals surface area contributed by atoms with Crippen LogP contribution in [0.3, 0.4) is 0 Å². The molecule has 77 valence electrons. The van der Waals surface area contributed by atoms with Gasteiger partial charge >= 0.3 is 0 Å². The first kappa shape index (κ1) is 11.1. The largest absolute Gasteiger partial charge is 0.238 e. The lowest BCUT2D eigenvalue weighted by molar-refractivity contribution is 0.593. The average Bonchev–Trinajstić information content (AvgIpc) is 2.01. The molecule has 0 amide bonds. The molecule has 0 heterocycles. The van der Waals surface area contributed by atoms with E-state index in [-0.39, 0.29) is 9.79 Å². The van der Waals surface area contributed by atoms with Crippen LogP contribution in [-0.2, 0) is 20.0 Å². The third-order valence-electron chi connectivity index (χ3n) is 1.39. The maximum absolute atomic E-state index is 10.8. The summed E-state index contributed by atoms with van der Waals surface area (Å²) in [5, 5.41) is 9.56. The molecule has 6 nitrogen and oxygen atoms in total. The molecule has 0 bridgehead atoms. The third kappa shape index (κ3) is 2.51. The predicted octanol–water partition coefficient (Wildman–Crippen LogP) is -1.22. The summed E-state index contributed by atoms with van der Waals surface area (Å²) in [6, 6.07) is 5.23. The standard InChI is InChI=1S/C6H7N2O4S2/c7-13(9,10)5-1-2-6(4-3-5)14(8,11)12/h1-3H,(H2,7,9,10)(H2,8,11,12). The molecule has 0 saturated carbocycles. The van der Waals surface area contributed by atoms with Crippen molar-refractivity contribution in [3.05, 3.63) is 24.3 Å². The van der Waals surface area contributed by atoms with Crippen molar-refractivity contribution in [2.75, 3.05) is 0 Å². The second-order valence-electron chi connectivity index (χ2n) is 2.48. The van der Waals surface area contributed by atoms with E-state index < -0.39 is 20.0 Å². The molecule has 1 radical (unpaired) electrons. The number of primary sulfonamides is 2. The van der Waals surface area contributed by atoms with Crippen molar-refractivity contribution in [2.45, 2.75) is 9.79 Å². The fourth-order valence-corrected chi connectivity index (χ4v) is 1.71. The Balaban J connectivity index is 3.28. The summed E-state index contributed by atoms with van der Waals surface area (Å²) in [4.78, 5) is -0.505. The molecule has 8 heteroatoms. The minimum atomic E-state index is -3.86. The molecule has 0 aliphatic heterocycles. The van der Waals surface area contributed by atoms with E-state index in [1.54, 1.807) is 0 Å². The summed E-state index contributed by atoms with van der Waals surface area (Å²) in [7, 11) is -7.69. The highest BCUT2D eigenvalue weighted by molar-refractivity contribution is 7.89. The van der Waals surface area contributed by atoms with Crippen molar-refractivity contribution in [1.29, 1.82) is 0 Å². The second-order valence-corrected chi connectivity index (χ2v) is 5.57. The van der Waals surface area contributed by atoms with Gasteiger partial charge in [-0.25, -0.2) is 27.1 Å². The van der Waals surface area contributed by atoms with E-state index in [9.17, 15) is 16.8 Å². The Kier molecular flexibility index (Phi) is 2.63. The fourth-order valence-electron chi connectivity index (χ4n) is 0.750. The van der Waals surface area contributed by atoms with Gasteiger partial charge in [0.1, 0.15) is 0 Å². The van der Waals surface area contributed by atoms with Gasteiger partial charge in [-0.2, -0.15) is 0 Å². The van der Waals surface area contributed by atoms with Gasteiger partial charge in [0.2, 0.25) is 20.0 Å². The zero-order valence-electron chi connectivity index (χ0n) is 6.84. The van der Waals surface area contributed by atoms with Crippen molar-refractivity contribution >= 4 is 20.0 Å². The molecule has 14 heavy (non-hydrogen) atoms. The van der Waals surface area contributed by atoms with E-state index in [1.165, 1.54) is 0 Å². The predicted molar refractivity (Wildman–Crippen MR) is 48.0 cm³/mol.